The van der Waals surface area contributed by atoms with E-state index in [-0.39, 0.29) is 53.9 Å². The van der Waals surface area contributed by atoms with Crippen LogP contribution in [-0.2, 0) is 28.5 Å². The lowest BCUT2D eigenvalue weighted by Gasteiger charge is -2.42. The number of carbonyl (C=O) groups excluding carboxylic acids is 2. The lowest BCUT2D eigenvalue weighted by molar-refractivity contribution is -0.142. The highest BCUT2D eigenvalue weighted by Crippen LogP contribution is 2.59. The van der Waals surface area contributed by atoms with E-state index in [1.54, 1.807) is 7.11 Å². The van der Waals surface area contributed by atoms with Crippen molar-refractivity contribution >= 4 is 12.1 Å². The second-order valence-corrected chi connectivity index (χ2v) is 10.1. The van der Waals surface area contributed by atoms with Gasteiger partial charge in [0.1, 0.15) is 30.0 Å². The van der Waals surface area contributed by atoms with Gasteiger partial charge in [0, 0.05) is 14.0 Å². The molecule has 0 aromatic heterocycles. The summed E-state index contributed by atoms with van der Waals surface area (Å²) >= 11 is 0. The van der Waals surface area contributed by atoms with E-state index in [2.05, 4.69) is 32.2 Å². The van der Waals surface area contributed by atoms with Gasteiger partial charge in [-0.3, -0.25) is 4.79 Å². The van der Waals surface area contributed by atoms with Crippen LogP contribution in [0.4, 0.5) is 4.79 Å². The summed E-state index contributed by atoms with van der Waals surface area (Å²) in [5, 5.41) is 2.85. The number of carbonyl (C=O) groups is 2. The van der Waals surface area contributed by atoms with E-state index in [9.17, 15) is 9.59 Å². The summed E-state index contributed by atoms with van der Waals surface area (Å²) in [7, 11) is 1.65. The maximum atomic E-state index is 12.7. The Balaban J connectivity index is 1.67. The fourth-order valence-electron chi connectivity index (χ4n) is 5.00. The Morgan fingerprint density at radius 1 is 1.25 bits per heavy atom. The number of allylic oxidation sites excluding steroid dienone is 1. The fraction of sp³-hybridized carbons (Fsp3) is 0.833. The minimum absolute atomic E-state index is 0.0240. The van der Waals surface area contributed by atoms with Gasteiger partial charge in [-0.15, -0.1) is 0 Å². The van der Waals surface area contributed by atoms with Gasteiger partial charge < -0.3 is 29.0 Å². The smallest absolute Gasteiger partial charge is 0.407 e. The second kappa shape index (κ2) is 9.69. The normalized spacial score (nSPS) is 36.4. The van der Waals surface area contributed by atoms with Crippen molar-refractivity contribution in [1.82, 2.24) is 5.32 Å². The first-order valence-corrected chi connectivity index (χ1v) is 11.6. The van der Waals surface area contributed by atoms with Gasteiger partial charge >= 0.3 is 12.1 Å². The molecule has 3 aliphatic rings. The Bertz CT molecular complexity index is 728. The zero-order chi connectivity index (χ0) is 23.7. The Kier molecular flexibility index (Phi) is 7.57. The summed E-state index contributed by atoms with van der Waals surface area (Å²) in [6.07, 6.45) is 3.33. The Labute approximate surface area is 191 Å². The molecular formula is C24H39NO7. The molecule has 2 heterocycles. The van der Waals surface area contributed by atoms with Crippen LogP contribution in [0, 0.1) is 11.8 Å². The third-order valence-electron chi connectivity index (χ3n) is 7.07. The van der Waals surface area contributed by atoms with Gasteiger partial charge in [-0.25, -0.2) is 4.79 Å². The molecule has 1 N–H and O–H groups in total. The highest BCUT2D eigenvalue weighted by molar-refractivity contribution is 5.68. The number of ether oxygens (including phenoxy) is 5. The molecule has 3 rings (SSSR count). The summed E-state index contributed by atoms with van der Waals surface area (Å²) in [4.78, 5) is 23.9. The van der Waals surface area contributed by atoms with Crippen LogP contribution in [0.3, 0.4) is 0 Å². The lowest BCUT2D eigenvalue weighted by Crippen LogP contribution is -2.56. The number of esters is 1. The van der Waals surface area contributed by atoms with Crippen LogP contribution in [-0.4, -0.2) is 67.9 Å². The number of methoxy groups -OCH3 is 1. The Morgan fingerprint density at radius 3 is 2.47 bits per heavy atom. The molecule has 2 aliphatic heterocycles. The number of alkyl carbamates (subject to hydrolysis) is 1. The molecule has 4 unspecified atom stereocenters. The van der Waals surface area contributed by atoms with Gasteiger partial charge in [-0.1, -0.05) is 25.5 Å². The van der Waals surface area contributed by atoms with Gasteiger partial charge in [0.25, 0.3) is 0 Å². The Morgan fingerprint density at radius 2 is 1.94 bits per heavy atom. The molecule has 0 aromatic carbocycles. The molecular weight excluding hydrogens is 414 g/mol. The predicted molar refractivity (Wildman–Crippen MR) is 118 cm³/mol. The monoisotopic (exact) mass is 453 g/mol. The molecule has 182 valence electrons. The number of hydrogen-bond acceptors (Lipinski definition) is 7. The van der Waals surface area contributed by atoms with Gasteiger partial charge in [0.05, 0.1) is 24.7 Å². The first-order chi connectivity index (χ1) is 15.0. The van der Waals surface area contributed by atoms with Crippen molar-refractivity contribution in [2.75, 3.05) is 20.3 Å². The van der Waals surface area contributed by atoms with Crippen LogP contribution in [0.2, 0.25) is 0 Å². The molecule has 3 fully saturated rings. The van der Waals surface area contributed by atoms with Crippen molar-refractivity contribution in [2.45, 2.75) is 96.4 Å². The standard InChI is InChI=1S/C24H39NO7/c1-14(2)8-9-19-23(6,32-19)21-20(28-7)18(10-11-24(21)13-30-24)31-22(27)25-17(15(3)4)12-29-16(5)26/h8,15,17-21H,9-13H2,1-7H3,(H,25,27)/t17-,18?,19+,20?,21?,23?,24-/m0/s1. The van der Waals surface area contributed by atoms with Crippen LogP contribution in [0.25, 0.3) is 0 Å². The first kappa shape index (κ1) is 25.0. The number of nitrogens with one attached hydrogen (secondary N) is 1. The van der Waals surface area contributed by atoms with Crippen molar-refractivity contribution in [3.63, 3.8) is 0 Å². The molecule has 2 saturated heterocycles. The molecule has 7 atom stereocenters. The topological polar surface area (TPSA) is 98.9 Å². The lowest BCUT2D eigenvalue weighted by atomic mass is 9.68. The van der Waals surface area contributed by atoms with E-state index in [1.807, 2.05) is 13.8 Å². The van der Waals surface area contributed by atoms with E-state index in [0.717, 1.165) is 12.8 Å². The quantitative estimate of drug-likeness (QED) is 0.325. The van der Waals surface area contributed by atoms with Gasteiger partial charge in [-0.05, 0) is 46.0 Å². The third-order valence-corrected chi connectivity index (χ3v) is 7.07. The van der Waals surface area contributed by atoms with Crippen molar-refractivity contribution in [3.05, 3.63) is 11.6 Å². The van der Waals surface area contributed by atoms with E-state index in [1.165, 1.54) is 12.5 Å². The number of epoxide rings is 2. The molecule has 0 radical (unpaired) electrons. The fourth-order valence-corrected chi connectivity index (χ4v) is 5.00. The van der Waals surface area contributed by atoms with E-state index in [4.69, 9.17) is 23.7 Å². The number of rotatable bonds is 9. The average Bonchev–Trinajstić information content (AvgIpc) is 3.62. The zero-order valence-corrected chi connectivity index (χ0v) is 20.4. The first-order valence-electron chi connectivity index (χ1n) is 11.6. The van der Waals surface area contributed by atoms with Gasteiger partial charge in [-0.2, -0.15) is 0 Å². The van der Waals surface area contributed by atoms with Crippen LogP contribution in [0.5, 0.6) is 0 Å². The van der Waals surface area contributed by atoms with Gasteiger partial charge in [0.2, 0.25) is 0 Å². The van der Waals surface area contributed by atoms with Crippen molar-refractivity contribution < 1.29 is 33.3 Å². The van der Waals surface area contributed by atoms with Crippen molar-refractivity contribution in [1.29, 1.82) is 0 Å². The second-order valence-electron chi connectivity index (χ2n) is 10.1. The molecule has 1 aliphatic carbocycles. The number of amides is 1. The SMILES string of the molecule is COC1C(OC(=O)N[C@@H](COC(C)=O)C(C)C)CC[C@]2(CO2)C1C1(C)O[C@@H]1CC=C(C)C. The highest BCUT2D eigenvalue weighted by Gasteiger charge is 2.72. The molecule has 8 heteroatoms. The molecule has 8 nitrogen and oxygen atoms in total. The maximum absolute atomic E-state index is 12.7. The van der Waals surface area contributed by atoms with Gasteiger partial charge in [0.15, 0.2) is 0 Å². The number of hydrogen-bond donors (Lipinski definition) is 1. The minimum atomic E-state index is -0.530. The summed E-state index contributed by atoms with van der Waals surface area (Å²) in [6, 6.07) is -0.331. The third kappa shape index (κ3) is 5.46. The van der Waals surface area contributed by atoms with Crippen molar-refractivity contribution in [2.24, 2.45) is 11.8 Å². The van der Waals surface area contributed by atoms with Crippen LogP contribution < -0.4 is 5.32 Å². The summed E-state index contributed by atoms with van der Waals surface area (Å²) in [5.74, 6) is -0.323. The van der Waals surface area contributed by atoms with Crippen LogP contribution in [0.1, 0.15) is 60.8 Å². The van der Waals surface area contributed by atoms with E-state index in [0.29, 0.717) is 13.0 Å². The summed E-state index contributed by atoms with van der Waals surface area (Å²) < 4.78 is 29.0. The van der Waals surface area contributed by atoms with Crippen LogP contribution in [0.15, 0.2) is 11.6 Å². The van der Waals surface area contributed by atoms with Crippen LogP contribution >= 0.6 is 0 Å². The minimum Gasteiger partial charge on any atom is -0.464 e. The molecule has 1 amide bonds. The highest BCUT2D eigenvalue weighted by atomic mass is 16.6. The largest absolute Gasteiger partial charge is 0.464 e. The predicted octanol–water partition coefficient (Wildman–Crippen LogP) is 3.38. The summed E-state index contributed by atoms with van der Waals surface area (Å²) in [5.41, 5.74) is 0.622. The molecule has 0 aromatic rings. The zero-order valence-electron chi connectivity index (χ0n) is 20.4. The molecule has 32 heavy (non-hydrogen) atoms. The van der Waals surface area contributed by atoms with Crippen molar-refractivity contribution in [3.8, 4) is 0 Å². The molecule has 0 bridgehead atoms. The Hall–Kier alpha value is -1.64. The van der Waals surface area contributed by atoms with E-state index >= 15 is 0 Å². The average molecular weight is 454 g/mol. The molecule has 1 spiro atoms. The molecule has 1 saturated carbocycles. The van der Waals surface area contributed by atoms with E-state index < -0.39 is 12.2 Å². The maximum Gasteiger partial charge on any atom is 0.407 e. The summed E-state index contributed by atoms with van der Waals surface area (Å²) in [6.45, 7) is 12.3.